The molecule has 9 nitrogen and oxygen atoms in total. The maximum Gasteiger partial charge on any atom is 0.329 e. The lowest BCUT2D eigenvalue weighted by Crippen LogP contribution is -2.46. The van der Waals surface area contributed by atoms with Crippen LogP contribution in [-0.2, 0) is 35.4 Å². The molecule has 1 aromatic heterocycles. The molecule has 2 unspecified atom stereocenters. The van der Waals surface area contributed by atoms with Crippen molar-refractivity contribution in [2.24, 2.45) is 0 Å². The van der Waals surface area contributed by atoms with E-state index in [1.165, 1.54) is 11.8 Å². The minimum Gasteiger partial charge on any atom is -0.454 e. The Balaban J connectivity index is 1.66. The standard InChI is InChI=1S/C23H31N3O6S/c1-3-4-10-26(18-9-11-33(30,31)15-18)22(28)14-32-23(29)21(25-16(2)27)12-17-13-24-20-8-6-5-7-19(17)20/h5-8,13,18,21,24H,3-4,9-12,14-15H2,1-2H3,(H,25,27). The summed E-state index contributed by atoms with van der Waals surface area (Å²) in [6.45, 7) is 3.21. The third kappa shape index (κ3) is 6.56. The molecule has 0 saturated carbocycles. The summed E-state index contributed by atoms with van der Waals surface area (Å²) < 4.78 is 29.1. The van der Waals surface area contributed by atoms with E-state index >= 15 is 0 Å². The van der Waals surface area contributed by atoms with Crippen molar-refractivity contribution in [3.8, 4) is 0 Å². The Labute approximate surface area is 193 Å². The number of ether oxygens (including phenoxy) is 1. The van der Waals surface area contributed by atoms with Crippen molar-refractivity contribution in [3.05, 3.63) is 36.0 Å². The number of benzene rings is 1. The molecule has 3 rings (SSSR count). The van der Waals surface area contributed by atoms with Crippen LogP contribution in [-0.4, -0.2) is 72.8 Å². The quantitative estimate of drug-likeness (QED) is 0.501. The van der Waals surface area contributed by atoms with Crippen molar-refractivity contribution >= 4 is 38.5 Å². The van der Waals surface area contributed by atoms with Crippen molar-refractivity contribution in [2.75, 3.05) is 24.7 Å². The first-order chi connectivity index (χ1) is 15.7. The molecule has 33 heavy (non-hydrogen) atoms. The van der Waals surface area contributed by atoms with Gasteiger partial charge in [-0.2, -0.15) is 0 Å². The molecule has 10 heteroatoms. The number of rotatable bonds is 10. The summed E-state index contributed by atoms with van der Waals surface area (Å²) >= 11 is 0. The van der Waals surface area contributed by atoms with E-state index in [0.717, 1.165) is 29.3 Å². The summed E-state index contributed by atoms with van der Waals surface area (Å²) in [5, 5.41) is 3.54. The molecule has 1 aromatic carbocycles. The number of esters is 1. The van der Waals surface area contributed by atoms with Gasteiger partial charge in [-0.1, -0.05) is 31.5 Å². The van der Waals surface area contributed by atoms with Crippen LogP contribution in [0.15, 0.2) is 30.5 Å². The van der Waals surface area contributed by atoms with E-state index in [1.807, 2.05) is 31.2 Å². The van der Waals surface area contributed by atoms with Crippen LogP contribution in [0.2, 0.25) is 0 Å². The smallest absolute Gasteiger partial charge is 0.329 e. The lowest BCUT2D eigenvalue weighted by molar-refractivity contribution is -0.155. The van der Waals surface area contributed by atoms with Crippen LogP contribution in [0.4, 0.5) is 0 Å². The molecule has 2 heterocycles. The molecule has 0 aliphatic carbocycles. The fourth-order valence-corrected chi connectivity index (χ4v) is 5.87. The number of carbonyl (C=O) groups is 3. The minimum atomic E-state index is -3.16. The average Bonchev–Trinajstić information content (AvgIpc) is 3.34. The number of carbonyl (C=O) groups excluding carboxylic acids is 3. The number of aromatic amines is 1. The third-order valence-electron chi connectivity index (χ3n) is 5.82. The van der Waals surface area contributed by atoms with Gasteiger partial charge < -0.3 is 19.9 Å². The molecule has 0 radical (unpaired) electrons. The molecule has 180 valence electrons. The zero-order chi connectivity index (χ0) is 24.0. The van der Waals surface area contributed by atoms with Crippen LogP contribution in [0.3, 0.4) is 0 Å². The van der Waals surface area contributed by atoms with E-state index in [-0.39, 0.29) is 23.8 Å². The Hall–Kier alpha value is -2.88. The molecule has 2 aromatic rings. The number of fused-ring (bicyclic) bond motifs is 1. The van der Waals surface area contributed by atoms with Crippen LogP contribution in [0, 0.1) is 0 Å². The van der Waals surface area contributed by atoms with Gasteiger partial charge in [0.15, 0.2) is 16.4 Å². The van der Waals surface area contributed by atoms with Crippen LogP contribution >= 0.6 is 0 Å². The lowest BCUT2D eigenvalue weighted by Gasteiger charge is -2.28. The number of amides is 2. The van der Waals surface area contributed by atoms with E-state index < -0.39 is 40.4 Å². The van der Waals surface area contributed by atoms with Crippen LogP contribution in [0.5, 0.6) is 0 Å². The summed E-state index contributed by atoms with van der Waals surface area (Å²) in [5.41, 5.74) is 1.75. The van der Waals surface area contributed by atoms with Gasteiger partial charge in [0, 0.05) is 43.0 Å². The molecule has 1 saturated heterocycles. The first-order valence-corrected chi connectivity index (χ1v) is 13.0. The summed E-state index contributed by atoms with van der Waals surface area (Å²) in [4.78, 5) is 42.0. The molecule has 2 amide bonds. The van der Waals surface area contributed by atoms with Crippen LogP contribution in [0.1, 0.15) is 38.7 Å². The predicted molar refractivity (Wildman–Crippen MR) is 124 cm³/mol. The Morgan fingerprint density at radius 1 is 1.27 bits per heavy atom. The highest BCUT2D eigenvalue weighted by Crippen LogP contribution is 2.20. The van der Waals surface area contributed by atoms with Crippen molar-refractivity contribution < 1.29 is 27.5 Å². The second-order valence-corrected chi connectivity index (χ2v) is 10.7. The fraction of sp³-hybridized carbons (Fsp3) is 0.522. The lowest BCUT2D eigenvalue weighted by atomic mass is 10.0. The minimum absolute atomic E-state index is 0.0581. The molecule has 1 aliphatic rings. The second kappa shape index (κ2) is 10.8. The molecule has 1 fully saturated rings. The van der Waals surface area contributed by atoms with E-state index in [1.54, 1.807) is 6.20 Å². The van der Waals surface area contributed by atoms with Crippen molar-refractivity contribution in [1.82, 2.24) is 15.2 Å². The summed E-state index contributed by atoms with van der Waals surface area (Å²) in [6, 6.07) is 6.27. The first kappa shape index (κ1) is 24.8. The van der Waals surface area contributed by atoms with Gasteiger partial charge in [0.1, 0.15) is 6.04 Å². The number of hydrogen-bond donors (Lipinski definition) is 2. The number of para-hydroxylation sites is 1. The summed E-state index contributed by atoms with van der Waals surface area (Å²) in [5.74, 6) is -1.52. The predicted octanol–water partition coefficient (Wildman–Crippen LogP) is 1.57. The zero-order valence-electron chi connectivity index (χ0n) is 19.0. The van der Waals surface area contributed by atoms with E-state index in [2.05, 4.69) is 10.3 Å². The summed E-state index contributed by atoms with van der Waals surface area (Å²) in [6.07, 6.45) is 3.95. The van der Waals surface area contributed by atoms with E-state index in [9.17, 15) is 22.8 Å². The highest BCUT2D eigenvalue weighted by Gasteiger charge is 2.35. The molecular formula is C23H31N3O6S. The van der Waals surface area contributed by atoms with Gasteiger partial charge >= 0.3 is 5.97 Å². The van der Waals surface area contributed by atoms with Crippen molar-refractivity contribution in [1.29, 1.82) is 0 Å². The highest BCUT2D eigenvalue weighted by atomic mass is 32.2. The Bertz CT molecular complexity index is 1110. The Morgan fingerprint density at radius 3 is 2.70 bits per heavy atom. The maximum absolute atomic E-state index is 12.8. The average molecular weight is 478 g/mol. The van der Waals surface area contributed by atoms with Crippen LogP contribution in [0.25, 0.3) is 10.9 Å². The first-order valence-electron chi connectivity index (χ1n) is 11.2. The monoisotopic (exact) mass is 477 g/mol. The number of nitrogens with one attached hydrogen (secondary N) is 2. The SMILES string of the molecule is CCCCN(C(=O)COC(=O)C(Cc1c[nH]c2ccccc12)NC(C)=O)C1CCS(=O)(=O)C1. The molecule has 1 aliphatic heterocycles. The Morgan fingerprint density at radius 2 is 2.03 bits per heavy atom. The van der Waals surface area contributed by atoms with Crippen molar-refractivity contribution in [2.45, 2.75) is 51.6 Å². The van der Waals surface area contributed by atoms with E-state index in [4.69, 9.17) is 4.74 Å². The van der Waals surface area contributed by atoms with E-state index in [0.29, 0.717) is 13.0 Å². The van der Waals surface area contributed by atoms with Gasteiger partial charge in [0.05, 0.1) is 11.5 Å². The largest absolute Gasteiger partial charge is 0.454 e. The topological polar surface area (TPSA) is 126 Å². The van der Waals surface area contributed by atoms with Gasteiger partial charge in [-0.3, -0.25) is 9.59 Å². The van der Waals surface area contributed by atoms with Gasteiger partial charge in [0.25, 0.3) is 5.91 Å². The number of aromatic nitrogens is 1. The van der Waals surface area contributed by atoms with Gasteiger partial charge in [0.2, 0.25) is 5.91 Å². The third-order valence-corrected chi connectivity index (χ3v) is 7.57. The highest BCUT2D eigenvalue weighted by molar-refractivity contribution is 7.91. The number of hydrogen-bond acceptors (Lipinski definition) is 6. The molecule has 2 atom stereocenters. The molecular weight excluding hydrogens is 446 g/mol. The number of H-pyrrole nitrogens is 1. The van der Waals surface area contributed by atoms with Gasteiger partial charge in [-0.15, -0.1) is 0 Å². The summed E-state index contributed by atoms with van der Waals surface area (Å²) in [7, 11) is -3.16. The molecule has 0 bridgehead atoms. The van der Waals surface area contributed by atoms with Crippen LogP contribution < -0.4 is 5.32 Å². The molecule has 0 spiro atoms. The molecule has 2 N–H and O–H groups in total. The number of unbranched alkanes of at least 4 members (excludes halogenated alkanes) is 1. The van der Waals surface area contributed by atoms with Crippen molar-refractivity contribution in [3.63, 3.8) is 0 Å². The fourth-order valence-electron chi connectivity index (χ4n) is 4.14. The number of nitrogens with zero attached hydrogens (tertiary/aromatic N) is 1. The maximum atomic E-state index is 12.8. The normalized spacial score (nSPS) is 18.1. The second-order valence-electron chi connectivity index (χ2n) is 8.42. The van der Waals surface area contributed by atoms with Gasteiger partial charge in [-0.25, -0.2) is 13.2 Å². The van der Waals surface area contributed by atoms with Gasteiger partial charge in [-0.05, 0) is 24.5 Å². The number of sulfone groups is 1. The Kier molecular flexibility index (Phi) is 8.12. The zero-order valence-corrected chi connectivity index (χ0v) is 19.8.